The van der Waals surface area contributed by atoms with Crippen molar-refractivity contribution in [2.75, 3.05) is 16.8 Å². The lowest BCUT2D eigenvalue weighted by molar-refractivity contribution is -0.147. The first-order valence-electron chi connectivity index (χ1n) is 11.0. The van der Waals surface area contributed by atoms with E-state index in [-0.39, 0.29) is 12.5 Å². The standard InChI is InChI=1S/C28H24N2O3/c1-3-33-27(32)28(2)18-24(29-23-16-8-12-19-10-4-6-14-21(19)23)26(31)30(28)25-17-9-13-20-11-5-7-15-22(20)25/h4-18,29H,3H2,1-2H3. The molecule has 0 saturated heterocycles. The molecule has 33 heavy (non-hydrogen) atoms. The highest BCUT2D eigenvalue weighted by molar-refractivity contribution is 6.20. The van der Waals surface area contributed by atoms with Crippen LogP contribution in [0.25, 0.3) is 21.5 Å². The molecule has 0 aliphatic carbocycles. The fourth-order valence-electron chi connectivity index (χ4n) is 4.50. The van der Waals surface area contributed by atoms with Crippen molar-refractivity contribution >= 4 is 44.8 Å². The van der Waals surface area contributed by atoms with Crippen LogP contribution < -0.4 is 10.2 Å². The van der Waals surface area contributed by atoms with Crippen molar-refractivity contribution in [3.05, 3.63) is 96.7 Å². The number of ether oxygens (including phenoxy) is 1. The van der Waals surface area contributed by atoms with E-state index in [4.69, 9.17) is 4.74 Å². The highest BCUT2D eigenvalue weighted by Crippen LogP contribution is 2.39. The molecule has 0 saturated carbocycles. The Labute approximate surface area is 192 Å². The van der Waals surface area contributed by atoms with Gasteiger partial charge in [-0.15, -0.1) is 0 Å². The van der Waals surface area contributed by atoms with E-state index in [2.05, 4.69) is 5.32 Å². The predicted molar refractivity (Wildman–Crippen MR) is 132 cm³/mol. The first kappa shape index (κ1) is 20.8. The minimum Gasteiger partial charge on any atom is -0.464 e. The Balaban J connectivity index is 1.63. The van der Waals surface area contributed by atoms with Crippen molar-refractivity contribution in [3.63, 3.8) is 0 Å². The normalized spacial score (nSPS) is 17.9. The Kier molecular flexibility index (Phi) is 5.09. The number of esters is 1. The molecule has 5 rings (SSSR count). The Morgan fingerprint density at radius 3 is 2.21 bits per heavy atom. The maximum atomic E-state index is 13.8. The van der Waals surface area contributed by atoms with Gasteiger partial charge < -0.3 is 10.1 Å². The van der Waals surface area contributed by atoms with Gasteiger partial charge in [0, 0.05) is 16.5 Å². The molecular weight excluding hydrogens is 412 g/mol. The first-order valence-corrected chi connectivity index (χ1v) is 11.0. The van der Waals surface area contributed by atoms with E-state index in [1.165, 1.54) is 0 Å². The highest BCUT2D eigenvalue weighted by Gasteiger charge is 2.50. The number of carbonyl (C=O) groups excluding carboxylic acids is 2. The van der Waals surface area contributed by atoms with E-state index in [9.17, 15) is 9.59 Å². The molecule has 4 aromatic carbocycles. The molecule has 4 aromatic rings. The number of hydrogen-bond acceptors (Lipinski definition) is 4. The lowest BCUT2D eigenvalue weighted by Gasteiger charge is -2.33. The second-order valence-corrected chi connectivity index (χ2v) is 8.22. The van der Waals surface area contributed by atoms with Crippen LogP contribution in [0.15, 0.2) is 96.7 Å². The van der Waals surface area contributed by atoms with Crippen molar-refractivity contribution in [2.45, 2.75) is 19.4 Å². The van der Waals surface area contributed by atoms with Crippen LogP contribution >= 0.6 is 0 Å². The number of rotatable bonds is 5. The summed E-state index contributed by atoms with van der Waals surface area (Å²) in [5.74, 6) is -0.754. The van der Waals surface area contributed by atoms with Crippen LogP contribution in [0.2, 0.25) is 0 Å². The minimum absolute atomic E-state index is 0.228. The molecule has 1 unspecified atom stereocenters. The number of nitrogens with zero attached hydrogens (tertiary/aromatic N) is 1. The molecule has 1 heterocycles. The quantitative estimate of drug-likeness (QED) is 0.410. The summed E-state index contributed by atoms with van der Waals surface area (Å²) in [5, 5.41) is 7.24. The van der Waals surface area contributed by atoms with Gasteiger partial charge in [0.15, 0.2) is 5.54 Å². The topological polar surface area (TPSA) is 58.6 Å². The average Bonchev–Trinajstić information content (AvgIpc) is 3.09. The summed E-state index contributed by atoms with van der Waals surface area (Å²) in [6.45, 7) is 3.72. The van der Waals surface area contributed by atoms with Crippen LogP contribution in [0, 0.1) is 0 Å². The van der Waals surface area contributed by atoms with Crippen molar-refractivity contribution in [1.82, 2.24) is 0 Å². The van der Waals surface area contributed by atoms with Crippen molar-refractivity contribution < 1.29 is 14.3 Å². The zero-order valence-electron chi connectivity index (χ0n) is 18.5. The lowest BCUT2D eigenvalue weighted by Crippen LogP contribution is -2.51. The summed E-state index contributed by atoms with van der Waals surface area (Å²) < 4.78 is 5.40. The fraction of sp³-hybridized carbons (Fsp3) is 0.143. The van der Waals surface area contributed by atoms with Gasteiger partial charge in [-0.1, -0.05) is 72.8 Å². The maximum Gasteiger partial charge on any atom is 0.336 e. The van der Waals surface area contributed by atoms with Gasteiger partial charge in [-0.2, -0.15) is 0 Å². The molecule has 0 aromatic heterocycles. The summed E-state index contributed by atoms with van der Waals surface area (Å²) >= 11 is 0. The monoisotopic (exact) mass is 436 g/mol. The highest BCUT2D eigenvalue weighted by atomic mass is 16.5. The largest absolute Gasteiger partial charge is 0.464 e. The van der Waals surface area contributed by atoms with Gasteiger partial charge in [-0.3, -0.25) is 9.69 Å². The molecule has 1 atom stereocenters. The summed E-state index contributed by atoms with van der Waals surface area (Å²) in [7, 11) is 0. The van der Waals surface area contributed by atoms with Crippen LogP contribution in [0.5, 0.6) is 0 Å². The smallest absolute Gasteiger partial charge is 0.336 e. The molecule has 1 aliphatic rings. The summed E-state index contributed by atoms with van der Waals surface area (Å²) in [6, 6.07) is 27.4. The van der Waals surface area contributed by atoms with Crippen LogP contribution in [0.4, 0.5) is 11.4 Å². The number of nitrogens with one attached hydrogen (secondary N) is 1. The van der Waals surface area contributed by atoms with E-state index in [1.807, 2.05) is 84.9 Å². The number of amides is 1. The number of carbonyl (C=O) groups is 2. The lowest BCUT2D eigenvalue weighted by atomic mass is 9.99. The maximum absolute atomic E-state index is 13.8. The molecule has 5 heteroatoms. The second-order valence-electron chi connectivity index (χ2n) is 8.22. The fourth-order valence-corrected chi connectivity index (χ4v) is 4.50. The molecule has 5 nitrogen and oxygen atoms in total. The van der Waals surface area contributed by atoms with Gasteiger partial charge in [0.05, 0.1) is 12.3 Å². The number of fused-ring (bicyclic) bond motifs is 2. The number of hydrogen-bond donors (Lipinski definition) is 1. The first-order chi connectivity index (χ1) is 16.0. The molecule has 164 valence electrons. The van der Waals surface area contributed by atoms with Gasteiger partial charge >= 0.3 is 5.97 Å². The zero-order valence-corrected chi connectivity index (χ0v) is 18.5. The molecule has 0 spiro atoms. The Morgan fingerprint density at radius 2 is 1.48 bits per heavy atom. The Morgan fingerprint density at radius 1 is 0.879 bits per heavy atom. The molecule has 1 N–H and O–H groups in total. The predicted octanol–water partition coefficient (Wildman–Crippen LogP) is 5.66. The third-order valence-corrected chi connectivity index (χ3v) is 6.08. The minimum atomic E-state index is -1.29. The average molecular weight is 437 g/mol. The van der Waals surface area contributed by atoms with E-state index >= 15 is 0 Å². The summed E-state index contributed by atoms with van der Waals surface area (Å²) in [5.41, 5.74) is 0.526. The molecule has 0 fully saturated rings. The van der Waals surface area contributed by atoms with Crippen LogP contribution in [-0.2, 0) is 14.3 Å². The Hall–Kier alpha value is -4.12. The van der Waals surface area contributed by atoms with Gasteiger partial charge in [0.1, 0.15) is 5.70 Å². The van der Waals surface area contributed by atoms with Crippen molar-refractivity contribution in [1.29, 1.82) is 0 Å². The summed E-state index contributed by atoms with van der Waals surface area (Å²) in [6.07, 6.45) is 1.68. The van der Waals surface area contributed by atoms with Crippen molar-refractivity contribution in [3.8, 4) is 0 Å². The molecule has 0 bridgehead atoms. The number of benzene rings is 4. The van der Waals surface area contributed by atoms with Gasteiger partial charge in [-0.25, -0.2) is 4.79 Å². The summed E-state index contributed by atoms with van der Waals surface area (Å²) in [4.78, 5) is 28.5. The molecule has 0 radical (unpaired) electrons. The zero-order chi connectivity index (χ0) is 23.0. The van der Waals surface area contributed by atoms with Gasteiger partial charge in [-0.05, 0) is 42.8 Å². The van der Waals surface area contributed by atoms with E-state index < -0.39 is 11.5 Å². The van der Waals surface area contributed by atoms with Crippen molar-refractivity contribution in [2.24, 2.45) is 0 Å². The van der Waals surface area contributed by atoms with Crippen LogP contribution in [-0.4, -0.2) is 24.0 Å². The third-order valence-electron chi connectivity index (χ3n) is 6.08. The second kappa shape index (κ2) is 8.10. The number of anilines is 2. The van der Waals surface area contributed by atoms with Gasteiger partial charge in [0.25, 0.3) is 5.91 Å². The van der Waals surface area contributed by atoms with E-state index in [0.717, 1.165) is 27.2 Å². The Bertz CT molecular complexity index is 1410. The third kappa shape index (κ3) is 3.42. The van der Waals surface area contributed by atoms with Gasteiger partial charge in [0.2, 0.25) is 0 Å². The SMILES string of the molecule is CCOC(=O)C1(C)C=C(Nc2cccc3ccccc23)C(=O)N1c1cccc2ccccc12. The molecule has 1 amide bonds. The van der Waals surface area contributed by atoms with E-state index in [1.54, 1.807) is 24.8 Å². The molecule has 1 aliphatic heterocycles. The van der Waals surface area contributed by atoms with Crippen LogP contribution in [0.1, 0.15) is 13.8 Å². The molecular formula is C28H24N2O3. The van der Waals surface area contributed by atoms with Crippen LogP contribution in [0.3, 0.4) is 0 Å². The van der Waals surface area contributed by atoms with E-state index in [0.29, 0.717) is 11.4 Å².